The van der Waals surface area contributed by atoms with Crippen molar-refractivity contribution >= 4 is 22.5 Å². The maximum absolute atomic E-state index is 13.0. The molecule has 0 bridgehead atoms. The van der Waals surface area contributed by atoms with Gasteiger partial charge < -0.3 is 10.3 Å². The first-order chi connectivity index (χ1) is 9.72. The minimum Gasteiger partial charge on any atom is -0.361 e. The Hall–Kier alpha value is -1.84. The van der Waals surface area contributed by atoms with Gasteiger partial charge in [0.25, 0.3) is 0 Å². The van der Waals surface area contributed by atoms with Gasteiger partial charge in [-0.1, -0.05) is 29.8 Å². The molecule has 0 unspecified atom stereocenters. The van der Waals surface area contributed by atoms with Crippen LogP contribution in [-0.4, -0.2) is 4.98 Å². The molecule has 0 fully saturated rings. The Bertz CT molecular complexity index is 736. The molecule has 4 heteroatoms. The number of aromatic amines is 1. The minimum absolute atomic E-state index is 0.164. The molecule has 0 radical (unpaired) electrons. The van der Waals surface area contributed by atoms with Crippen LogP contribution < -0.4 is 5.32 Å². The van der Waals surface area contributed by atoms with Crippen LogP contribution in [0.3, 0.4) is 0 Å². The van der Waals surface area contributed by atoms with E-state index in [1.54, 1.807) is 12.1 Å². The van der Waals surface area contributed by atoms with E-state index in [2.05, 4.69) is 28.5 Å². The van der Waals surface area contributed by atoms with Crippen LogP contribution in [-0.2, 0) is 13.1 Å². The first-order valence-corrected chi connectivity index (χ1v) is 6.81. The molecule has 3 aromatic rings. The number of fused-ring (bicyclic) bond motifs is 1. The third kappa shape index (κ3) is 2.84. The van der Waals surface area contributed by atoms with Gasteiger partial charge >= 0.3 is 0 Å². The maximum Gasteiger partial charge on any atom is 0.141 e. The molecule has 20 heavy (non-hydrogen) atoms. The molecule has 2 N–H and O–H groups in total. The normalized spacial score (nSPS) is 11.1. The van der Waals surface area contributed by atoms with Crippen molar-refractivity contribution < 1.29 is 4.39 Å². The van der Waals surface area contributed by atoms with E-state index in [1.165, 1.54) is 17.0 Å². The molecule has 1 aromatic heterocycles. The third-order valence-electron chi connectivity index (χ3n) is 3.26. The van der Waals surface area contributed by atoms with E-state index in [0.717, 1.165) is 17.6 Å². The van der Waals surface area contributed by atoms with Crippen LogP contribution in [0.1, 0.15) is 11.1 Å². The molecule has 0 saturated heterocycles. The van der Waals surface area contributed by atoms with Crippen molar-refractivity contribution in [1.82, 2.24) is 10.3 Å². The van der Waals surface area contributed by atoms with Gasteiger partial charge in [0.1, 0.15) is 5.82 Å². The summed E-state index contributed by atoms with van der Waals surface area (Å²) in [5.41, 5.74) is 3.31. The van der Waals surface area contributed by atoms with Crippen LogP contribution in [0.25, 0.3) is 10.9 Å². The molecule has 0 aliphatic rings. The second-order valence-corrected chi connectivity index (χ2v) is 5.16. The molecule has 0 saturated carbocycles. The summed E-state index contributed by atoms with van der Waals surface area (Å²) in [6.45, 7) is 1.41. The molecule has 2 aromatic carbocycles. The SMILES string of the molecule is Fc1ccc(CNCc2ccc3cc[nH]c3c2)cc1Cl. The average molecular weight is 289 g/mol. The topological polar surface area (TPSA) is 27.8 Å². The summed E-state index contributed by atoms with van der Waals surface area (Å²) in [7, 11) is 0. The third-order valence-corrected chi connectivity index (χ3v) is 3.55. The van der Waals surface area contributed by atoms with Gasteiger partial charge in [-0.05, 0) is 40.8 Å². The van der Waals surface area contributed by atoms with Gasteiger partial charge in [0.2, 0.25) is 0 Å². The number of H-pyrrole nitrogens is 1. The summed E-state index contributed by atoms with van der Waals surface area (Å²) in [5, 5.41) is 4.70. The Balaban J connectivity index is 1.62. The number of benzene rings is 2. The quantitative estimate of drug-likeness (QED) is 0.738. The lowest BCUT2D eigenvalue weighted by atomic mass is 10.1. The zero-order valence-corrected chi connectivity index (χ0v) is 11.5. The highest BCUT2D eigenvalue weighted by Crippen LogP contribution is 2.16. The summed E-state index contributed by atoms with van der Waals surface area (Å²) >= 11 is 5.76. The van der Waals surface area contributed by atoms with E-state index < -0.39 is 0 Å². The van der Waals surface area contributed by atoms with Crippen molar-refractivity contribution in [2.24, 2.45) is 0 Å². The summed E-state index contributed by atoms with van der Waals surface area (Å²) in [6.07, 6.45) is 1.93. The molecule has 2 nitrogen and oxygen atoms in total. The number of halogens is 2. The lowest BCUT2D eigenvalue weighted by molar-refractivity contribution is 0.625. The second-order valence-electron chi connectivity index (χ2n) is 4.75. The first-order valence-electron chi connectivity index (χ1n) is 6.43. The van der Waals surface area contributed by atoms with Crippen molar-refractivity contribution in [3.05, 3.63) is 70.6 Å². The fourth-order valence-corrected chi connectivity index (χ4v) is 2.41. The van der Waals surface area contributed by atoms with Gasteiger partial charge in [-0.2, -0.15) is 0 Å². The fourth-order valence-electron chi connectivity index (χ4n) is 2.21. The van der Waals surface area contributed by atoms with E-state index in [4.69, 9.17) is 11.6 Å². The highest BCUT2D eigenvalue weighted by atomic mass is 35.5. The van der Waals surface area contributed by atoms with Crippen LogP contribution in [0.4, 0.5) is 4.39 Å². The van der Waals surface area contributed by atoms with Crippen LogP contribution in [0.15, 0.2) is 48.7 Å². The smallest absolute Gasteiger partial charge is 0.141 e. The monoisotopic (exact) mass is 288 g/mol. The lowest BCUT2D eigenvalue weighted by Gasteiger charge is -2.06. The van der Waals surface area contributed by atoms with Gasteiger partial charge in [-0.3, -0.25) is 0 Å². The molecular formula is C16H14ClFN2. The van der Waals surface area contributed by atoms with Gasteiger partial charge in [-0.25, -0.2) is 4.39 Å². The van der Waals surface area contributed by atoms with E-state index in [1.807, 2.05) is 12.3 Å². The fraction of sp³-hybridized carbons (Fsp3) is 0.125. The largest absolute Gasteiger partial charge is 0.361 e. The Labute approximate surface area is 121 Å². The summed E-state index contributed by atoms with van der Waals surface area (Å²) in [4.78, 5) is 3.19. The average Bonchev–Trinajstić information content (AvgIpc) is 2.90. The highest BCUT2D eigenvalue weighted by Gasteiger charge is 2.01. The predicted molar refractivity (Wildman–Crippen MR) is 80.3 cm³/mol. The Morgan fingerprint density at radius 2 is 1.75 bits per heavy atom. The van der Waals surface area contributed by atoms with Gasteiger partial charge in [-0.15, -0.1) is 0 Å². The van der Waals surface area contributed by atoms with E-state index in [0.29, 0.717) is 6.54 Å². The van der Waals surface area contributed by atoms with Crippen LogP contribution in [0.2, 0.25) is 5.02 Å². The van der Waals surface area contributed by atoms with E-state index >= 15 is 0 Å². The molecule has 102 valence electrons. The number of hydrogen-bond donors (Lipinski definition) is 2. The van der Waals surface area contributed by atoms with E-state index in [-0.39, 0.29) is 10.8 Å². The summed E-state index contributed by atoms with van der Waals surface area (Å²) in [6, 6.07) is 13.1. The lowest BCUT2D eigenvalue weighted by Crippen LogP contribution is -2.12. The highest BCUT2D eigenvalue weighted by molar-refractivity contribution is 6.30. The van der Waals surface area contributed by atoms with Gasteiger partial charge in [0.05, 0.1) is 5.02 Å². The number of hydrogen-bond acceptors (Lipinski definition) is 1. The zero-order chi connectivity index (χ0) is 13.9. The molecule has 0 aliphatic carbocycles. The van der Waals surface area contributed by atoms with Crippen molar-refractivity contribution in [2.75, 3.05) is 0 Å². The molecular weight excluding hydrogens is 275 g/mol. The second kappa shape index (κ2) is 5.65. The predicted octanol–water partition coefficient (Wildman–Crippen LogP) is 4.25. The van der Waals surface area contributed by atoms with Gasteiger partial charge in [0.15, 0.2) is 0 Å². The Morgan fingerprint density at radius 3 is 2.55 bits per heavy atom. The van der Waals surface area contributed by atoms with Crippen LogP contribution in [0.5, 0.6) is 0 Å². The number of rotatable bonds is 4. The summed E-state index contributed by atoms with van der Waals surface area (Å²) < 4.78 is 13.0. The van der Waals surface area contributed by atoms with Crippen LogP contribution >= 0.6 is 11.6 Å². The van der Waals surface area contributed by atoms with Crippen molar-refractivity contribution in [2.45, 2.75) is 13.1 Å². The Kier molecular flexibility index (Phi) is 3.72. The molecule has 1 heterocycles. The van der Waals surface area contributed by atoms with Gasteiger partial charge in [0, 0.05) is 24.8 Å². The molecule has 0 aliphatic heterocycles. The van der Waals surface area contributed by atoms with Crippen molar-refractivity contribution in [3.63, 3.8) is 0 Å². The Morgan fingerprint density at radius 1 is 1.00 bits per heavy atom. The van der Waals surface area contributed by atoms with Crippen molar-refractivity contribution in [1.29, 1.82) is 0 Å². The molecule has 0 spiro atoms. The summed E-state index contributed by atoms with van der Waals surface area (Å²) in [5.74, 6) is -0.382. The standard InChI is InChI=1S/C16H14ClFN2/c17-14-7-11(2-4-15(14)18)9-19-10-12-1-3-13-5-6-20-16(13)8-12/h1-8,19-20H,9-10H2. The molecule has 3 rings (SSSR count). The van der Waals surface area contributed by atoms with Crippen LogP contribution in [0, 0.1) is 5.82 Å². The molecule has 0 amide bonds. The number of nitrogens with one attached hydrogen (secondary N) is 2. The first kappa shape index (κ1) is 13.2. The van der Waals surface area contributed by atoms with Crippen molar-refractivity contribution in [3.8, 4) is 0 Å². The minimum atomic E-state index is -0.382. The maximum atomic E-state index is 13.0. The molecule has 0 atom stereocenters. The van der Waals surface area contributed by atoms with E-state index in [9.17, 15) is 4.39 Å². The number of aromatic nitrogens is 1. The zero-order valence-electron chi connectivity index (χ0n) is 10.8.